The molecule has 1 saturated carbocycles. The van der Waals surface area contributed by atoms with Gasteiger partial charge in [0.25, 0.3) is 0 Å². The first kappa shape index (κ1) is 12.7. The molecule has 1 aromatic rings. The highest BCUT2D eigenvalue weighted by Gasteiger charge is 2.40. The van der Waals surface area contributed by atoms with Gasteiger partial charge in [0.15, 0.2) is 0 Å². The fourth-order valence-electron chi connectivity index (χ4n) is 2.63. The third kappa shape index (κ3) is 2.82. The van der Waals surface area contributed by atoms with E-state index in [2.05, 4.69) is 5.32 Å². The van der Waals surface area contributed by atoms with Gasteiger partial charge in [-0.3, -0.25) is 4.79 Å². The molecule has 0 aromatic carbocycles. The molecule has 5 heteroatoms. The van der Waals surface area contributed by atoms with Crippen LogP contribution < -0.4 is 15.5 Å². The Morgan fingerprint density at radius 3 is 2.95 bits per heavy atom. The number of hydrogen-bond acceptors (Lipinski definition) is 5. The first-order chi connectivity index (χ1) is 9.28. The zero-order valence-corrected chi connectivity index (χ0v) is 11.1. The van der Waals surface area contributed by atoms with Crippen molar-refractivity contribution >= 4 is 0 Å². The van der Waals surface area contributed by atoms with E-state index in [1.165, 1.54) is 32.3 Å². The third-order valence-electron chi connectivity index (χ3n) is 3.83. The summed E-state index contributed by atoms with van der Waals surface area (Å²) in [5, 5.41) is 3.44. The Morgan fingerprint density at radius 1 is 1.42 bits per heavy atom. The number of rotatable bonds is 5. The van der Waals surface area contributed by atoms with Crippen molar-refractivity contribution < 1.29 is 13.9 Å². The Hall–Kier alpha value is -1.33. The van der Waals surface area contributed by atoms with E-state index in [1.807, 2.05) is 0 Å². The van der Waals surface area contributed by atoms with E-state index in [9.17, 15) is 4.79 Å². The average Bonchev–Trinajstić information content (AvgIpc) is 3.15. The van der Waals surface area contributed by atoms with Gasteiger partial charge in [0, 0.05) is 18.7 Å². The lowest BCUT2D eigenvalue weighted by Gasteiger charge is -2.19. The molecule has 104 valence electrons. The van der Waals surface area contributed by atoms with Gasteiger partial charge in [0.1, 0.15) is 12.0 Å². The summed E-state index contributed by atoms with van der Waals surface area (Å²) in [6, 6.07) is 1.85. The van der Waals surface area contributed by atoms with Gasteiger partial charge in [0.2, 0.25) is 11.2 Å². The molecule has 1 N–H and O–H groups in total. The minimum Gasteiger partial charge on any atom is -0.490 e. The van der Waals surface area contributed by atoms with Crippen molar-refractivity contribution in [2.45, 2.75) is 38.0 Å². The summed E-state index contributed by atoms with van der Waals surface area (Å²) in [7, 11) is 1.46. The van der Waals surface area contributed by atoms with Crippen molar-refractivity contribution in [3.05, 3.63) is 28.3 Å². The molecule has 2 fully saturated rings. The summed E-state index contributed by atoms with van der Waals surface area (Å²) in [4.78, 5) is 11.6. The topological polar surface area (TPSA) is 60.7 Å². The third-order valence-corrected chi connectivity index (χ3v) is 3.83. The van der Waals surface area contributed by atoms with Gasteiger partial charge in [-0.25, -0.2) is 0 Å². The highest BCUT2D eigenvalue weighted by molar-refractivity contribution is 5.17. The van der Waals surface area contributed by atoms with Gasteiger partial charge in [-0.15, -0.1) is 0 Å². The smallest absolute Gasteiger partial charge is 0.227 e. The minimum atomic E-state index is -0.146. The highest BCUT2D eigenvalue weighted by Crippen LogP contribution is 2.38. The second-order valence-corrected chi connectivity index (χ2v) is 5.23. The number of hydrogen-bond donors (Lipinski definition) is 1. The van der Waals surface area contributed by atoms with E-state index in [0.717, 1.165) is 18.9 Å². The molecule has 1 aliphatic carbocycles. The van der Waals surface area contributed by atoms with Crippen LogP contribution in [0.1, 0.15) is 25.0 Å². The summed E-state index contributed by atoms with van der Waals surface area (Å²) in [6.07, 6.45) is 5.29. The molecule has 1 saturated heterocycles. The maximum atomic E-state index is 11.6. The van der Waals surface area contributed by atoms with Gasteiger partial charge >= 0.3 is 0 Å². The minimum absolute atomic E-state index is 0.146. The molecule has 0 amide bonds. The predicted octanol–water partition coefficient (Wildman–Crippen LogP) is 1.31. The molecule has 5 nitrogen and oxygen atoms in total. The molecule has 3 rings (SSSR count). The second-order valence-electron chi connectivity index (χ2n) is 5.23. The Labute approximate surface area is 111 Å². The first-order valence-electron chi connectivity index (χ1n) is 6.78. The Bertz CT molecular complexity index is 494. The molecule has 2 atom stereocenters. The lowest BCUT2D eigenvalue weighted by atomic mass is 10.1. The van der Waals surface area contributed by atoms with Crippen LogP contribution in [0.2, 0.25) is 0 Å². The lowest BCUT2D eigenvalue weighted by Crippen LogP contribution is -2.37. The van der Waals surface area contributed by atoms with Crippen molar-refractivity contribution in [2.24, 2.45) is 5.92 Å². The van der Waals surface area contributed by atoms with Crippen molar-refractivity contribution in [1.29, 1.82) is 0 Å². The van der Waals surface area contributed by atoms with Crippen LogP contribution in [-0.4, -0.2) is 25.9 Å². The number of ether oxygens (including phenoxy) is 2. The first-order valence-corrected chi connectivity index (χ1v) is 6.78. The second kappa shape index (κ2) is 5.35. The Balaban J connectivity index is 1.59. The van der Waals surface area contributed by atoms with E-state index < -0.39 is 0 Å². The maximum Gasteiger partial charge on any atom is 0.227 e. The lowest BCUT2D eigenvalue weighted by molar-refractivity contribution is 0.0805. The van der Waals surface area contributed by atoms with Crippen LogP contribution in [0.3, 0.4) is 0 Å². The summed E-state index contributed by atoms with van der Waals surface area (Å²) in [6.45, 7) is 1.38. The van der Waals surface area contributed by atoms with Gasteiger partial charge in [-0.2, -0.15) is 0 Å². The van der Waals surface area contributed by atoms with Crippen molar-refractivity contribution in [3.8, 4) is 5.75 Å². The molecule has 2 aliphatic rings. The molecule has 1 aliphatic heterocycles. The van der Waals surface area contributed by atoms with Crippen LogP contribution in [0.25, 0.3) is 0 Å². The zero-order chi connectivity index (χ0) is 13.2. The van der Waals surface area contributed by atoms with Crippen LogP contribution in [0.4, 0.5) is 0 Å². The van der Waals surface area contributed by atoms with Crippen LogP contribution in [0, 0.1) is 5.92 Å². The van der Waals surface area contributed by atoms with Crippen LogP contribution >= 0.6 is 0 Å². The number of methoxy groups -OCH3 is 1. The van der Waals surface area contributed by atoms with Crippen molar-refractivity contribution in [3.63, 3.8) is 0 Å². The van der Waals surface area contributed by atoms with Crippen molar-refractivity contribution in [2.75, 3.05) is 13.7 Å². The summed E-state index contributed by atoms with van der Waals surface area (Å²) >= 11 is 0. The standard InChI is InChI=1S/C14H19NO4/c1-17-13-8-19-10(6-12(13)16)7-15-11-4-5-18-14(11)9-2-3-9/h6,8-9,11,14-15H,2-5,7H2,1H3. The molecule has 2 heterocycles. The quantitative estimate of drug-likeness (QED) is 0.869. The summed E-state index contributed by atoms with van der Waals surface area (Å²) < 4.78 is 16.0. The Kier molecular flexibility index (Phi) is 3.57. The van der Waals surface area contributed by atoms with Crippen LogP contribution in [0.15, 0.2) is 21.5 Å². The number of nitrogens with one attached hydrogen (secondary N) is 1. The predicted molar refractivity (Wildman–Crippen MR) is 69.2 cm³/mol. The van der Waals surface area contributed by atoms with E-state index in [0.29, 0.717) is 24.5 Å². The molecular weight excluding hydrogens is 246 g/mol. The molecule has 1 aromatic heterocycles. The van der Waals surface area contributed by atoms with E-state index in [-0.39, 0.29) is 11.2 Å². The summed E-state index contributed by atoms with van der Waals surface area (Å²) in [5.74, 6) is 1.60. The molecular formula is C14H19NO4. The maximum absolute atomic E-state index is 11.6. The fraction of sp³-hybridized carbons (Fsp3) is 0.643. The Morgan fingerprint density at radius 2 is 2.26 bits per heavy atom. The fourth-order valence-corrected chi connectivity index (χ4v) is 2.63. The zero-order valence-electron chi connectivity index (χ0n) is 11.1. The molecule has 19 heavy (non-hydrogen) atoms. The van der Waals surface area contributed by atoms with Crippen molar-refractivity contribution in [1.82, 2.24) is 5.32 Å². The van der Waals surface area contributed by atoms with Crippen LogP contribution in [0.5, 0.6) is 5.75 Å². The van der Waals surface area contributed by atoms with E-state index in [4.69, 9.17) is 13.9 Å². The van der Waals surface area contributed by atoms with E-state index >= 15 is 0 Å². The highest BCUT2D eigenvalue weighted by atomic mass is 16.5. The van der Waals surface area contributed by atoms with Gasteiger partial charge in [-0.1, -0.05) is 0 Å². The van der Waals surface area contributed by atoms with Gasteiger partial charge in [0.05, 0.1) is 19.8 Å². The molecule has 0 spiro atoms. The summed E-state index contributed by atoms with van der Waals surface area (Å²) in [5.41, 5.74) is -0.146. The monoisotopic (exact) mass is 265 g/mol. The molecule has 2 unspecified atom stereocenters. The van der Waals surface area contributed by atoms with Gasteiger partial charge < -0.3 is 19.2 Å². The normalized spacial score (nSPS) is 26.6. The van der Waals surface area contributed by atoms with Gasteiger partial charge in [-0.05, 0) is 25.2 Å². The molecule has 0 bridgehead atoms. The van der Waals surface area contributed by atoms with E-state index in [1.54, 1.807) is 0 Å². The SMILES string of the molecule is COc1coc(CNC2CCOC2C2CC2)cc1=O. The largest absolute Gasteiger partial charge is 0.490 e. The average molecular weight is 265 g/mol. The molecule has 0 radical (unpaired) electrons. The van der Waals surface area contributed by atoms with Crippen LogP contribution in [-0.2, 0) is 11.3 Å².